The molecule has 0 saturated heterocycles. The van der Waals surface area contributed by atoms with Gasteiger partial charge in [0.25, 0.3) is 0 Å². The highest BCUT2D eigenvalue weighted by atomic mass is 79.9. The highest BCUT2D eigenvalue weighted by Gasteiger charge is 2.17. The number of hydrogen-bond donors (Lipinski definition) is 2. The second kappa shape index (κ2) is 11.0. The van der Waals surface area contributed by atoms with Crippen LogP contribution in [0.3, 0.4) is 0 Å². The summed E-state index contributed by atoms with van der Waals surface area (Å²) in [5.74, 6) is -0.420. The standard InChI is InChI=1S/C25H20BrClN4O3S/c1-2-34-24(33)16-5-10-19(11-6-16)28-25(35)30-29-22-20-13-17(26)7-12-21(20)31(23(22)32)14-15-3-8-18(27)9-4-15/h3-13,32H,2,14H2,1H3,(H,28,35). The number of carbonyl (C=O) groups excluding carboxylic acids is 1. The van der Waals surface area contributed by atoms with Gasteiger partial charge < -0.3 is 19.7 Å². The van der Waals surface area contributed by atoms with Crippen LogP contribution in [0.15, 0.2) is 81.4 Å². The molecule has 0 unspecified atom stereocenters. The van der Waals surface area contributed by atoms with Crippen LogP contribution < -0.4 is 5.32 Å². The SMILES string of the molecule is CCOC(=O)c1ccc(NC(=S)N=Nc2c(O)n(Cc3ccc(Cl)cc3)c3ccc(Br)cc23)cc1. The van der Waals surface area contributed by atoms with Crippen molar-refractivity contribution in [1.29, 1.82) is 0 Å². The summed E-state index contributed by atoms with van der Waals surface area (Å²) in [7, 11) is 0. The van der Waals surface area contributed by atoms with Gasteiger partial charge in [-0.3, -0.25) is 0 Å². The van der Waals surface area contributed by atoms with Crippen molar-refractivity contribution in [2.45, 2.75) is 13.5 Å². The van der Waals surface area contributed by atoms with Gasteiger partial charge in [0.1, 0.15) is 0 Å². The Hall–Kier alpha value is -3.27. The van der Waals surface area contributed by atoms with E-state index in [0.717, 1.165) is 20.9 Å². The minimum atomic E-state index is -0.391. The van der Waals surface area contributed by atoms with Gasteiger partial charge in [0.2, 0.25) is 11.0 Å². The molecule has 4 rings (SSSR count). The number of aromatic hydroxyl groups is 1. The number of rotatable bonds is 6. The van der Waals surface area contributed by atoms with Crippen LogP contribution in [-0.2, 0) is 11.3 Å². The van der Waals surface area contributed by atoms with E-state index in [1.807, 2.05) is 30.3 Å². The lowest BCUT2D eigenvalue weighted by Crippen LogP contribution is -2.07. The van der Waals surface area contributed by atoms with Crippen LogP contribution in [0.1, 0.15) is 22.8 Å². The van der Waals surface area contributed by atoms with Gasteiger partial charge in [-0.2, -0.15) is 0 Å². The van der Waals surface area contributed by atoms with Gasteiger partial charge >= 0.3 is 5.97 Å². The Balaban J connectivity index is 1.57. The van der Waals surface area contributed by atoms with Crippen LogP contribution in [0.2, 0.25) is 5.02 Å². The molecule has 7 nitrogen and oxygen atoms in total. The van der Waals surface area contributed by atoms with Gasteiger partial charge in [0.05, 0.1) is 24.2 Å². The monoisotopic (exact) mass is 570 g/mol. The number of anilines is 1. The number of nitrogens with zero attached hydrogens (tertiary/aromatic N) is 3. The van der Waals surface area contributed by atoms with E-state index in [9.17, 15) is 9.90 Å². The van der Waals surface area contributed by atoms with Gasteiger partial charge in [-0.15, -0.1) is 10.2 Å². The lowest BCUT2D eigenvalue weighted by Gasteiger charge is -2.07. The number of fused-ring (bicyclic) bond motifs is 1. The Kier molecular flexibility index (Phi) is 7.80. The van der Waals surface area contributed by atoms with Crippen molar-refractivity contribution < 1.29 is 14.6 Å². The molecule has 2 N–H and O–H groups in total. The molecule has 0 fully saturated rings. The zero-order chi connectivity index (χ0) is 24.9. The van der Waals surface area contributed by atoms with Crippen LogP contribution in [0.25, 0.3) is 10.9 Å². The van der Waals surface area contributed by atoms with Crippen molar-refractivity contribution in [3.63, 3.8) is 0 Å². The summed E-state index contributed by atoms with van der Waals surface area (Å²) in [5.41, 5.74) is 3.14. The van der Waals surface area contributed by atoms with E-state index in [1.165, 1.54) is 0 Å². The van der Waals surface area contributed by atoms with Crippen molar-refractivity contribution in [1.82, 2.24) is 4.57 Å². The number of hydrogen-bond acceptors (Lipinski definition) is 5. The fraction of sp³-hybridized carbons (Fsp3) is 0.120. The number of halogens is 2. The van der Waals surface area contributed by atoms with E-state index in [1.54, 1.807) is 47.9 Å². The molecule has 1 heterocycles. The average Bonchev–Trinajstić information content (AvgIpc) is 3.09. The summed E-state index contributed by atoms with van der Waals surface area (Å²) in [6, 6.07) is 19.7. The van der Waals surface area contributed by atoms with E-state index in [2.05, 4.69) is 31.5 Å². The molecule has 0 aliphatic heterocycles. The normalized spacial score (nSPS) is 11.2. The summed E-state index contributed by atoms with van der Waals surface area (Å²) >= 11 is 14.8. The first-order valence-electron chi connectivity index (χ1n) is 10.6. The molecule has 0 atom stereocenters. The fourth-order valence-corrected chi connectivity index (χ4v) is 4.12. The Morgan fingerprint density at radius 1 is 1.14 bits per heavy atom. The maximum Gasteiger partial charge on any atom is 0.338 e. The number of esters is 1. The van der Waals surface area contributed by atoms with Gasteiger partial charge in [-0.1, -0.05) is 39.7 Å². The molecule has 0 spiro atoms. The molecule has 0 bridgehead atoms. The number of benzene rings is 3. The Morgan fingerprint density at radius 2 is 1.86 bits per heavy atom. The lowest BCUT2D eigenvalue weighted by atomic mass is 10.2. The van der Waals surface area contributed by atoms with Crippen molar-refractivity contribution in [2.75, 3.05) is 11.9 Å². The lowest BCUT2D eigenvalue weighted by molar-refractivity contribution is 0.0526. The van der Waals surface area contributed by atoms with Gasteiger partial charge in [0.15, 0.2) is 5.69 Å². The predicted molar refractivity (Wildman–Crippen MR) is 145 cm³/mol. The second-order valence-electron chi connectivity index (χ2n) is 7.47. The highest BCUT2D eigenvalue weighted by Crippen LogP contribution is 2.40. The predicted octanol–water partition coefficient (Wildman–Crippen LogP) is 7.47. The maximum absolute atomic E-state index is 11.8. The van der Waals surface area contributed by atoms with Crippen LogP contribution in [-0.4, -0.2) is 27.4 Å². The molecular weight excluding hydrogens is 552 g/mol. The topological polar surface area (TPSA) is 88.2 Å². The quantitative estimate of drug-likeness (QED) is 0.142. The fourth-order valence-electron chi connectivity index (χ4n) is 3.47. The number of aromatic nitrogens is 1. The van der Waals surface area contributed by atoms with Crippen LogP contribution in [0.4, 0.5) is 11.4 Å². The Labute approximate surface area is 220 Å². The molecule has 0 aliphatic carbocycles. The molecule has 3 aromatic carbocycles. The van der Waals surface area contributed by atoms with E-state index in [0.29, 0.717) is 35.1 Å². The zero-order valence-electron chi connectivity index (χ0n) is 18.5. The molecule has 35 heavy (non-hydrogen) atoms. The van der Waals surface area contributed by atoms with E-state index >= 15 is 0 Å². The second-order valence-corrected chi connectivity index (χ2v) is 9.21. The summed E-state index contributed by atoms with van der Waals surface area (Å²) in [6.07, 6.45) is 0. The summed E-state index contributed by atoms with van der Waals surface area (Å²) in [4.78, 5) is 11.8. The summed E-state index contributed by atoms with van der Waals surface area (Å²) in [5, 5.41) is 23.8. The third-order valence-corrected chi connectivity index (χ3v) is 6.04. The first kappa shape index (κ1) is 24.8. The van der Waals surface area contributed by atoms with Crippen molar-refractivity contribution in [3.8, 4) is 5.88 Å². The van der Waals surface area contributed by atoms with Crippen molar-refractivity contribution >= 4 is 73.1 Å². The van der Waals surface area contributed by atoms with Crippen molar-refractivity contribution in [2.24, 2.45) is 10.2 Å². The van der Waals surface area contributed by atoms with E-state index < -0.39 is 5.97 Å². The number of azo groups is 1. The largest absolute Gasteiger partial charge is 0.493 e. The van der Waals surface area contributed by atoms with E-state index in [4.69, 9.17) is 28.6 Å². The maximum atomic E-state index is 11.8. The molecule has 0 amide bonds. The molecule has 178 valence electrons. The number of carbonyl (C=O) groups is 1. The molecule has 0 aliphatic rings. The summed E-state index contributed by atoms with van der Waals surface area (Å²) < 4.78 is 7.58. The Morgan fingerprint density at radius 3 is 2.54 bits per heavy atom. The Bertz CT molecular complexity index is 1420. The van der Waals surface area contributed by atoms with Gasteiger partial charge in [-0.05, 0) is 79.3 Å². The third kappa shape index (κ3) is 5.87. The van der Waals surface area contributed by atoms with Crippen molar-refractivity contribution in [3.05, 3.63) is 87.4 Å². The molecule has 1 aromatic heterocycles. The minimum absolute atomic E-state index is 0.0293. The minimum Gasteiger partial charge on any atom is -0.493 e. The molecule has 4 aromatic rings. The third-order valence-electron chi connectivity index (χ3n) is 5.11. The first-order chi connectivity index (χ1) is 16.9. The molecule has 10 heteroatoms. The van der Waals surface area contributed by atoms with Gasteiger partial charge in [-0.25, -0.2) is 4.79 Å². The van der Waals surface area contributed by atoms with Crippen LogP contribution >= 0.6 is 39.7 Å². The summed E-state index contributed by atoms with van der Waals surface area (Å²) in [6.45, 7) is 2.48. The zero-order valence-corrected chi connectivity index (χ0v) is 21.7. The highest BCUT2D eigenvalue weighted by molar-refractivity contribution is 9.10. The number of ether oxygens (including phenoxy) is 1. The molecule has 0 saturated carbocycles. The van der Waals surface area contributed by atoms with Gasteiger partial charge in [0, 0.05) is 20.6 Å². The molecule has 0 radical (unpaired) electrons. The van der Waals surface area contributed by atoms with E-state index in [-0.39, 0.29) is 11.0 Å². The average molecular weight is 572 g/mol. The van der Waals surface area contributed by atoms with Crippen LogP contribution in [0.5, 0.6) is 5.88 Å². The molecular formula is C25H20BrClN4O3S. The number of thiocarbonyl (C=S) groups is 1. The smallest absolute Gasteiger partial charge is 0.338 e. The first-order valence-corrected chi connectivity index (χ1v) is 12.2. The number of nitrogens with one attached hydrogen (secondary N) is 1. The van der Waals surface area contributed by atoms with Crippen LogP contribution in [0, 0.1) is 0 Å².